The van der Waals surface area contributed by atoms with Gasteiger partial charge in [-0.15, -0.1) is 5.10 Å². The van der Waals surface area contributed by atoms with Crippen molar-refractivity contribution in [2.45, 2.75) is 40.5 Å². The van der Waals surface area contributed by atoms with Crippen molar-refractivity contribution in [2.75, 3.05) is 13.7 Å². The van der Waals surface area contributed by atoms with E-state index in [1.165, 1.54) is 0 Å². The number of hydrogen-bond acceptors (Lipinski definition) is 4. The summed E-state index contributed by atoms with van der Waals surface area (Å²) < 4.78 is 12.3. The molecular formula is C17H24N2O3. The number of aromatic nitrogens is 2. The molecule has 0 amide bonds. The molecule has 0 saturated heterocycles. The average molecular weight is 304 g/mol. The number of ether oxygens (including phenoxy) is 2. The van der Waals surface area contributed by atoms with Crippen LogP contribution in [-0.2, 0) is 11.2 Å². The molecule has 22 heavy (non-hydrogen) atoms. The zero-order valence-electron chi connectivity index (χ0n) is 14.0. The normalized spacial score (nSPS) is 12.4. The van der Waals surface area contributed by atoms with Crippen molar-refractivity contribution in [2.24, 2.45) is 5.92 Å². The topological polar surface area (TPSA) is 52.8 Å². The minimum atomic E-state index is -0.292. The summed E-state index contributed by atoms with van der Waals surface area (Å²) in [5.41, 5.74) is 3.37. The van der Waals surface area contributed by atoms with Crippen LogP contribution in [-0.4, -0.2) is 29.3 Å². The van der Waals surface area contributed by atoms with Crippen molar-refractivity contribution in [1.29, 1.82) is 0 Å². The van der Waals surface area contributed by atoms with Crippen LogP contribution < -0.4 is 4.74 Å². The molecule has 2 heterocycles. The lowest BCUT2D eigenvalue weighted by Gasteiger charge is -2.09. The molecule has 0 aromatic carbocycles. The summed E-state index contributed by atoms with van der Waals surface area (Å²) in [6.07, 6.45) is 1.94. The van der Waals surface area contributed by atoms with Crippen LogP contribution in [0.3, 0.4) is 0 Å². The van der Waals surface area contributed by atoms with Gasteiger partial charge in [-0.05, 0) is 37.8 Å². The third-order valence-corrected chi connectivity index (χ3v) is 4.06. The van der Waals surface area contributed by atoms with Crippen molar-refractivity contribution < 1.29 is 14.3 Å². The van der Waals surface area contributed by atoms with E-state index in [4.69, 9.17) is 9.47 Å². The molecular weight excluding hydrogens is 280 g/mol. The van der Waals surface area contributed by atoms with Crippen LogP contribution in [0.2, 0.25) is 0 Å². The summed E-state index contributed by atoms with van der Waals surface area (Å²) in [7, 11) is 1.59. The summed E-state index contributed by atoms with van der Waals surface area (Å²) >= 11 is 0. The van der Waals surface area contributed by atoms with Gasteiger partial charge in [0.1, 0.15) is 0 Å². The Balaban J connectivity index is 2.64. The first-order valence-corrected chi connectivity index (χ1v) is 7.75. The maximum atomic E-state index is 12.3. The number of fused-ring (bicyclic) bond motifs is 1. The Labute approximate surface area is 131 Å². The van der Waals surface area contributed by atoms with E-state index in [0.29, 0.717) is 24.0 Å². The average Bonchev–Trinajstić information content (AvgIpc) is 2.79. The van der Waals surface area contributed by atoms with Crippen LogP contribution in [0.25, 0.3) is 5.52 Å². The molecule has 0 radical (unpaired) electrons. The van der Waals surface area contributed by atoms with Gasteiger partial charge in [0, 0.05) is 11.8 Å². The van der Waals surface area contributed by atoms with Gasteiger partial charge < -0.3 is 9.47 Å². The van der Waals surface area contributed by atoms with Crippen LogP contribution >= 0.6 is 0 Å². The molecule has 5 heteroatoms. The molecule has 0 bridgehead atoms. The number of esters is 1. The lowest BCUT2D eigenvalue weighted by Crippen LogP contribution is -2.06. The Bertz CT molecular complexity index is 676. The van der Waals surface area contributed by atoms with E-state index in [0.717, 1.165) is 29.6 Å². The fourth-order valence-corrected chi connectivity index (χ4v) is 2.58. The van der Waals surface area contributed by atoms with Crippen LogP contribution in [0.15, 0.2) is 12.1 Å². The minimum absolute atomic E-state index is 0.292. The van der Waals surface area contributed by atoms with Crippen molar-refractivity contribution in [3.8, 4) is 5.88 Å². The summed E-state index contributed by atoms with van der Waals surface area (Å²) in [6.45, 7) is 8.50. The Morgan fingerprint density at radius 3 is 2.68 bits per heavy atom. The van der Waals surface area contributed by atoms with Gasteiger partial charge in [-0.3, -0.25) is 0 Å². The lowest BCUT2D eigenvalue weighted by molar-refractivity contribution is 0.0528. The third-order valence-electron chi connectivity index (χ3n) is 4.06. The first kappa shape index (κ1) is 16.3. The first-order chi connectivity index (χ1) is 10.5. The highest BCUT2D eigenvalue weighted by Crippen LogP contribution is 2.27. The molecule has 0 N–H and O–H groups in total. The van der Waals surface area contributed by atoms with Gasteiger partial charge in [-0.2, -0.15) is 0 Å². The minimum Gasteiger partial charge on any atom is -0.480 e. The molecule has 0 aliphatic rings. The molecule has 0 fully saturated rings. The molecule has 1 unspecified atom stereocenters. The molecule has 5 nitrogen and oxygen atoms in total. The number of nitrogens with zero attached hydrogens (tertiary/aromatic N) is 2. The van der Waals surface area contributed by atoms with E-state index in [1.807, 2.05) is 24.4 Å². The fraction of sp³-hybridized carbons (Fsp3) is 0.529. The van der Waals surface area contributed by atoms with E-state index >= 15 is 0 Å². The van der Waals surface area contributed by atoms with E-state index in [9.17, 15) is 4.79 Å². The number of hydrogen-bond donors (Lipinski definition) is 0. The molecule has 2 rings (SSSR count). The third kappa shape index (κ3) is 2.93. The second-order valence-corrected chi connectivity index (χ2v) is 5.56. The standard InChI is InChI=1S/C17H24N2O3/c1-6-11(3)10-14-12(4)16(17(20)22-7-2)13-8-9-15(21-5)18-19(13)14/h8-9,11H,6-7,10H2,1-5H3. The van der Waals surface area contributed by atoms with Crippen LogP contribution in [0, 0.1) is 12.8 Å². The molecule has 0 saturated carbocycles. The second kappa shape index (κ2) is 6.81. The van der Waals surface area contributed by atoms with Crippen LogP contribution in [0.1, 0.15) is 48.8 Å². The van der Waals surface area contributed by atoms with E-state index < -0.39 is 0 Å². The number of rotatable bonds is 6. The van der Waals surface area contributed by atoms with Crippen molar-refractivity contribution in [1.82, 2.24) is 9.61 Å². The van der Waals surface area contributed by atoms with Gasteiger partial charge in [-0.1, -0.05) is 20.3 Å². The Hall–Kier alpha value is -2.04. The summed E-state index contributed by atoms with van der Waals surface area (Å²) in [6, 6.07) is 3.63. The quantitative estimate of drug-likeness (QED) is 0.767. The van der Waals surface area contributed by atoms with Gasteiger partial charge in [0.25, 0.3) is 0 Å². The molecule has 2 aromatic heterocycles. The Morgan fingerprint density at radius 1 is 1.36 bits per heavy atom. The SMILES string of the molecule is CCOC(=O)c1c(C)c(CC(C)CC)n2nc(OC)ccc12. The van der Waals surface area contributed by atoms with Gasteiger partial charge in [0.2, 0.25) is 5.88 Å². The van der Waals surface area contributed by atoms with Gasteiger partial charge in [0.05, 0.1) is 24.8 Å². The predicted molar refractivity (Wildman–Crippen MR) is 85.6 cm³/mol. The molecule has 1 atom stereocenters. The Morgan fingerprint density at radius 2 is 2.09 bits per heavy atom. The second-order valence-electron chi connectivity index (χ2n) is 5.56. The van der Waals surface area contributed by atoms with Gasteiger partial charge in [-0.25, -0.2) is 9.31 Å². The molecule has 0 spiro atoms. The monoisotopic (exact) mass is 304 g/mol. The first-order valence-electron chi connectivity index (χ1n) is 7.75. The van der Waals surface area contributed by atoms with E-state index in [-0.39, 0.29) is 5.97 Å². The fourth-order valence-electron chi connectivity index (χ4n) is 2.58. The lowest BCUT2D eigenvalue weighted by atomic mass is 10.00. The molecule has 120 valence electrons. The van der Waals surface area contributed by atoms with Crippen molar-refractivity contribution >= 4 is 11.5 Å². The van der Waals surface area contributed by atoms with Gasteiger partial charge in [0.15, 0.2) is 0 Å². The van der Waals surface area contributed by atoms with E-state index in [2.05, 4.69) is 18.9 Å². The largest absolute Gasteiger partial charge is 0.480 e. The zero-order valence-corrected chi connectivity index (χ0v) is 14.0. The maximum Gasteiger partial charge on any atom is 0.340 e. The van der Waals surface area contributed by atoms with E-state index in [1.54, 1.807) is 13.2 Å². The predicted octanol–water partition coefficient (Wildman–Crippen LogP) is 3.42. The highest BCUT2D eigenvalue weighted by atomic mass is 16.5. The molecule has 0 aliphatic heterocycles. The number of carbonyl (C=O) groups is 1. The number of methoxy groups -OCH3 is 1. The van der Waals surface area contributed by atoms with Crippen LogP contribution in [0.5, 0.6) is 5.88 Å². The summed E-state index contributed by atoms with van der Waals surface area (Å²) in [5, 5.41) is 4.49. The smallest absolute Gasteiger partial charge is 0.340 e. The van der Waals surface area contributed by atoms with Gasteiger partial charge >= 0.3 is 5.97 Å². The zero-order chi connectivity index (χ0) is 16.3. The van der Waals surface area contributed by atoms with Crippen molar-refractivity contribution in [3.63, 3.8) is 0 Å². The van der Waals surface area contributed by atoms with Crippen molar-refractivity contribution in [3.05, 3.63) is 29.0 Å². The highest BCUT2D eigenvalue weighted by Gasteiger charge is 2.23. The molecule has 0 aliphatic carbocycles. The Kier molecular flexibility index (Phi) is 5.06. The number of carbonyl (C=O) groups excluding carboxylic acids is 1. The van der Waals surface area contributed by atoms with Crippen LogP contribution in [0.4, 0.5) is 0 Å². The summed E-state index contributed by atoms with van der Waals surface area (Å²) in [5.74, 6) is 0.753. The summed E-state index contributed by atoms with van der Waals surface area (Å²) in [4.78, 5) is 12.3. The maximum absolute atomic E-state index is 12.3. The highest BCUT2D eigenvalue weighted by molar-refractivity contribution is 5.99. The molecule has 2 aromatic rings.